The number of nitrogens with one attached hydrogen (secondary N) is 1. The first-order valence-electron chi connectivity index (χ1n) is 6.61. The SMILES string of the molecule is CCCCC(CC)C(=O)O.CCNCC(C)O. The van der Waals surface area contributed by atoms with Gasteiger partial charge in [0, 0.05) is 6.54 Å². The highest BCUT2D eigenvalue weighted by Crippen LogP contribution is 2.11. The van der Waals surface area contributed by atoms with Crippen LogP contribution in [0, 0.1) is 5.92 Å². The number of likely N-dealkylation sites (N-methyl/N-ethyl adjacent to an activating group) is 1. The number of hydrogen-bond donors (Lipinski definition) is 3. The number of unbranched alkanes of at least 4 members (excludes halogenated alkanes) is 1. The molecule has 0 amide bonds. The van der Waals surface area contributed by atoms with Crippen LogP contribution in [0.2, 0.25) is 0 Å². The fraction of sp³-hybridized carbons (Fsp3) is 0.923. The van der Waals surface area contributed by atoms with E-state index in [2.05, 4.69) is 12.2 Å². The van der Waals surface area contributed by atoms with Crippen molar-refractivity contribution in [3.63, 3.8) is 0 Å². The Hall–Kier alpha value is -0.610. The molecule has 0 spiro atoms. The highest BCUT2D eigenvalue weighted by molar-refractivity contribution is 5.69. The molecular weight excluding hydrogens is 218 g/mol. The quantitative estimate of drug-likeness (QED) is 0.615. The van der Waals surface area contributed by atoms with Crippen LogP contribution in [0.25, 0.3) is 0 Å². The number of hydrogen-bond acceptors (Lipinski definition) is 3. The Bertz CT molecular complexity index is 172. The predicted molar refractivity (Wildman–Crippen MR) is 71.2 cm³/mol. The van der Waals surface area contributed by atoms with Crippen LogP contribution in [0.5, 0.6) is 0 Å². The molecule has 0 aromatic carbocycles. The van der Waals surface area contributed by atoms with E-state index in [1.54, 1.807) is 6.92 Å². The molecule has 104 valence electrons. The first-order valence-corrected chi connectivity index (χ1v) is 6.61. The fourth-order valence-electron chi connectivity index (χ4n) is 1.31. The van der Waals surface area contributed by atoms with Crippen molar-refractivity contribution in [2.75, 3.05) is 13.1 Å². The number of aliphatic hydroxyl groups excluding tert-OH is 1. The van der Waals surface area contributed by atoms with Gasteiger partial charge in [0.1, 0.15) is 0 Å². The van der Waals surface area contributed by atoms with Gasteiger partial charge < -0.3 is 15.5 Å². The Labute approximate surface area is 105 Å². The maximum atomic E-state index is 10.4. The van der Waals surface area contributed by atoms with Gasteiger partial charge >= 0.3 is 5.97 Å². The van der Waals surface area contributed by atoms with E-state index >= 15 is 0 Å². The largest absolute Gasteiger partial charge is 0.481 e. The first-order chi connectivity index (χ1) is 7.99. The molecule has 0 aliphatic carbocycles. The van der Waals surface area contributed by atoms with E-state index in [4.69, 9.17) is 10.2 Å². The second-order valence-electron chi connectivity index (χ2n) is 4.24. The van der Waals surface area contributed by atoms with Crippen molar-refractivity contribution in [3.05, 3.63) is 0 Å². The summed E-state index contributed by atoms with van der Waals surface area (Å²) in [5.41, 5.74) is 0. The van der Waals surface area contributed by atoms with Crippen LogP contribution >= 0.6 is 0 Å². The van der Waals surface area contributed by atoms with E-state index < -0.39 is 5.97 Å². The van der Waals surface area contributed by atoms with Crippen LogP contribution in [0.15, 0.2) is 0 Å². The Morgan fingerprint density at radius 3 is 2.12 bits per heavy atom. The van der Waals surface area contributed by atoms with Gasteiger partial charge in [0.2, 0.25) is 0 Å². The molecule has 0 aliphatic rings. The van der Waals surface area contributed by atoms with Crippen LogP contribution in [0.3, 0.4) is 0 Å². The van der Waals surface area contributed by atoms with Gasteiger partial charge in [-0.05, 0) is 26.3 Å². The molecule has 4 heteroatoms. The number of aliphatic carboxylic acids is 1. The Morgan fingerprint density at radius 2 is 1.88 bits per heavy atom. The lowest BCUT2D eigenvalue weighted by Crippen LogP contribution is -2.23. The van der Waals surface area contributed by atoms with Gasteiger partial charge in [-0.15, -0.1) is 0 Å². The molecule has 4 nitrogen and oxygen atoms in total. The van der Waals surface area contributed by atoms with Crippen molar-refractivity contribution < 1.29 is 15.0 Å². The molecule has 2 atom stereocenters. The summed E-state index contributed by atoms with van der Waals surface area (Å²) in [5.74, 6) is -0.754. The Morgan fingerprint density at radius 1 is 1.29 bits per heavy atom. The molecule has 0 heterocycles. The van der Waals surface area contributed by atoms with E-state index in [0.29, 0.717) is 6.54 Å². The second-order valence-corrected chi connectivity index (χ2v) is 4.24. The molecule has 0 bridgehead atoms. The van der Waals surface area contributed by atoms with E-state index in [1.165, 1.54) is 0 Å². The second kappa shape index (κ2) is 13.5. The van der Waals surface area contributed by atoms with Crippen LogP contribution in [-0.4, -0.2) is 35.4 Å². The molecule has 0 saturated carbocycles. The molecule has 0 saturated heterocycles. The fourth-order valence-corrected chi connectivity index (χ4v) is 1.31. The summed E-state index contributed by atoms with van der Waals surface area (Å²) in [6, 6.07) is 0. The lowest BCUT2D eigenvalue weighted by atomic mass is 10.00. The molecule has 0 aromatic rings. The average molecular weight is 247 g/mol. The summed E-state index contributed by atoms with van der Waals surface area (Å²) in [6.45, 7) is 9.43. The van der Waals surface area contributed by atoms with E-state index in [0.717, 1.165) is 32.2 Å². The monoisotopic (exact) mass is 247 g/mol. The smallest absolute Gasteiger partial charge is 0.306 e. The Balaban J connectivity index is 0. The van der Waals surface area contributed by atoms with Crippen molar-refractivity contribution >= 4 is 5.97 Å². The molecular formula is C13H29NO3. The standard InChI is InChI=1S/C8H16O2.C5H13NO/c1-3-5-6-7(4-2)8(9)10;1-3-6-4-5(2)7/h7H,3-6H2,1-2H3,(H,9,10);5-7H,3-4H2,1-2H3. The summed E-state index contributed by atoms with van der Waals surface area (Å²) >= 11 is 0. The maximum Gasteiger partial charge on any atom is 0.306 e. The highest BCUT2D eigenvalue weighted by atomic mass is 16.4. The van der Waals surface area contributed by atoms with Crippen LogP contribution in [0.1, 0.15) is 53.4 Å². The zero-order chi connectivity index (χ0) is 13.7. The van der Waals surface area contributed by atoms with Gasteiger partial charge in [-0.25, -0.2) is 0 Å². The molecule has 17 heavy (non-hydrogen) atoms. The minimum Gasteiger partial charge on any atom is -0.481 e. The topological polar surface area (TPSA) is 69.6 Å². The van der Waals surface area contributed by atoms with Crippen molar-refractivity contribution in [1.29, 1.82) is 0 Å². The van der Waals surface area contributed by atoms with Crippen molar-refractivity contribution in [3.8, 4) is 0 Å². The Kier molecular flexibility index (Phi) is 14.8. The van der Waals surface area contributed by atoms with E-state index in [9.17, 15) is 4.79 Å². The third kappa shape index (κ3) is 15.4. The number of carbonyl (C=O) groups is 1. The zero-order valence-electron chi connectivity index (χ0n) is 11.7. The number of carboxylic acids is 1. The molecule has 0 aliphatic heterocycles. The van der Waals surface area contributed by atoms with Gasteiger partial charge in [0.15, 0.2) is 0 Å². The van der Waals surface area contributed by atoms with Crippen LogP contribution < -0.4 is 5.32 Å². The van der Waals surface area contributed by atoms with Gasteiger partial charge in [0.25, 0.3) is 0 Å². The summed E-state index contributed by atoms with van der Waals surface area (Å²) in [4.78, 5) is 10.4. The molecule has 0 rings (SSSR count). The van der Waals surface area contributed by atoms with Crippen molar-refractivity contribution in [1.82, 2.24) is 5.32 Å². The maximum absolute atomic E-state index is 10.4. The third-order valence-corrected chi connectivity index (χ3v) is 2.44. The zero-order valence-corrected chi connectivity index (χ0v) is 11.7. The molecule has 2 unspecified atom stereocenters. The van der Waals surface area contributed by atoms with Gasteiger partial charge in [0.05, 0.1) is 12.0 Å². The number of carboxylic acid groups (broad SMARTS) is 1. The normalized spacial score (nSPS) is 13.5. The van der Waals surface area contributed by atoms with Gasteiger partial charge in [-0.1, -0.05) is 33.6 Å². The summed E-state index contributed by atoms with van der Waals surface area (Å²) in [6.07, 6.45) is 3.51. The summed E-state index contributed by atoms with van der Waals surface area (Å²) in [7, 11) is 0. The highest BCUT2D eigenvalue weighted by Gasteiger charge is 2.12. The summed E-state index contributed by atoms with van der Waals surface area (Å²) < 4.78 is 0. The summed E-state index contributed by atoms with van der Waals surface area (Å²) in [5, 5.41) is 20.2. The number of aliphatic hydroxyl groups is 1. The van der Waals surface area contributed by atoms with Crippen molar-refractivity contribution in [2.45, 2.75) is 59.5 Å². The minimum absolute atomic E-state index is 0.111. The molecule has 0 aromatic heterocycles. The molecule has 0 fully saturated rings. The van der Waals surface area contributed by atoms with E-state index in [1.807, 2.05) is 13.8 Å². The minimum atomic E-state index is -0.643. The molecule has 3 N–H and O–H groups in total. The predicted octanol–water partition coefficient (Wildman–Crippen LogP) is 2.26. The average Bonchev–Trinajstić information content (AvgIpc) is 2.27. The number of rotatable bonds is 8. The van der Waals surface area contributed by atoms with Gasteiger partial charge in [-0.3, -0.25) is 4.79 Å². The first kappa shape index (κ1) is 18.7. The lowest BCUT2D eigenvalue weighted by molar-refractivity contribution is -0.142. The van der Waals surface area contributed by atoms with Crippen LogP contribution in [0.4, 0.5) is 0 Å². The van der Waals surface area contributed by atoms with E-state index in [-0.39, 0.29) is 12.0 Å². The third-order valence-electron chi connectivity index (χ3n) is 2.44. The van der Waals surface area contributed by atoms with Crippen molar-refractivity contribution in [2.24, 2.45) is 5.92 Å². The lowest BCUT2D eigenvalue weighted by Gasteiger charge is -2.06. The molecule has 0 radical (unpaired) electrons. The van der Waals surface area contributed by atoms with Gasteiger partial charge in [-0.2, -0.15) is 0 Å². The van der Waals surface area contributed by atoms with Crippen LogP contribution in [-0.2, 0) is 4.79 Å².